The molecule has 6 heteroatoms. The normalized spacial score (nSPS) is 30.7. The van der Waals surface area contributed by atoms with Crippen molar-refractivity contribution in [1.29, 1.82) is 0 Å². The molecule has 1 heterocycles. The third-order valence-electron chi connectivity index (χ3n) is 3.71. The Labute approximate surface area is 99.0 Å². The van der Waals surface area contributed by atoms with Crippen LogP contribution in [-0.2, 0) is 14.4 Å². The Hall–Kier alpha value is -1.59. The maximum atomic E-state index is 12.1. The number of nitrogens with zero attached hydrogens (tertiary/aromatic N) is 1. The molecule has 1 saturated heterocycles. The summed E-state index contributed by atoms with van der Waals surface area (Å²) in [5, 5.41) is 11.6. The Morgan fingerprint density at radius 1 is 1.41 bits per heavy atom. The molecule has 1 aliphatic heterocycles. The summed E-state index contributed by atoms with van der Waals surface area (Å²) in [6, 6.07) is 0. The fourth-order valence-electron chi connectivity index (χ4n) is 2.58. The van der Waals surface area contributed by atoms with Gasteiger partial charge in [0.25, 0.3) is 0 Å². The molecule has 2 amide bonds. The van der Waals surface area contributed by atoms with E-state index in [4.69, 9.17) is 5.11 Å². The second-order valence-corrected chi connectivity index (χ2v) is 5.22. The predicted molar refractivity (Wildman–Crippen MR) is 58.0 cm³/mol. The molecule has 6 nitrogen and oxygen atoms in total. The van der Waals surface area contributed by atoms with Gasteiger partial charge in [-0.15, -0.1) is 0 Å². The monoisotopic (exact) mass is 240 g/mol. The third kappa shape index (κ3) is 1.87. The van der Waals surface area contributed by atoms with Gasteiger partial charge in [-0.1, -0.05) is 13.8 Å². The van der Waals surface area contributed by atoms with E-state index in [-0.39, 0.29) is 18.4 Å². The number of carbonyl (C=O) groups is 3. The molecular weight excluding hydrogens is 224 g/mol. The first kappa shape index (κ1) is 11.9. The van der Waals surface area contributed by atoms with Gasteiger partial charge >= 0.3 is 5.97 Å². The van der Waals surface area contributed by atoms with E-state index in [1.54, 1.807) is 13.8 Å². The summed E-state index contributed by atoms with van der Waals surface area (Å²) < 4.78 is 0. The van der Waals surface area contributed by atoms with E-state index in [2.05, 4.69) is 5.32 Å². The van der Waals surface area contributed by atoms with Gasteiger partial charge in [0.2, 0.25) is 11.8 Å². The van der Waals surface area contributed by atoms with Gasteiger partial charge in [0.05, 0.1) is 18.4 Å². The van der Waals surface area contributed by atoms with E-state index in [9.17, 15) is 14.4 Å². The lowest BCUT2D eigenvalue weighted by atomic mass is 10.1. The molecule has 0 spiro atoms. The van der Waals surface area contributed by atoms with Crippen LogP contribution in [-0.4, -0.2) is 47.4 Å². The molecule has 2 aliphatic rings. The maximum absolute atomic E-state index is 12.1. The van der Waals surface area contributed by atoms with Gasteiger partial charge < -0.3 is 15.3 Å². The number of hydrogen-bond donors (Lipinski definition) is 2. The smallest absolute Gasteiger partial charge is 0.307 e. The summed E-state index contributed by atoms with van der Waals surface area (Å²) in [7, 11) is 0. The van der Waals surface area contributed by atoms with Gasteiger partial charge in [-0.2, -0.15) is 0 Å². The van der Waals surface area contributed by atoms with Crippen molar-refractivity contribution in [2.75, 3.05) is 19.6 Å². The molecule has 94 valence electrons. The summed E-state index contributed by atoms with van der Waals surface area (Å²) in [5.41, 5.74) is -0.503. The highest BCUT2D eigenvalue weighted by molar-refractivity contribution is 5.94. The van der Waals surface area contributed by atoms with E-state index in [0.29, 0.717) is 13.1 Å². The molecule has 2 atom stereocenters. The van der Waals surface area contributed by atoms with Crippen molar-refractivity contribution in [3.63, 3.8) is 0 Å². The number of carbonyl (C=O) groups excluding carboxylic acids is 2. The number of piperazine rings is 1. The van der Waals surface area contributed by atoms with Crippen LogP contribution in [0, 0.1) is 17.3 Å². The molecule has 0 aromatic rings. The van der Waals surface area contributed by atoms with Crippen LogP contribution < -0.4 is 5.32 Å². The van der Waals surface area contributed by atoms with Gasteiger partial charge in [0.1, 0.15) is 0 Å². The first-order valence-corrected chi connectivity index (χ1v) is 5.64. The Balaban J connectivity index is 2.06. The fourth-order valence-corrected chi connectivity index (χ4v) is 2.58. The van der Waals surface area contributed by atoms with Crippen LogP contribution in [0.15, 0.2) is 0 Å². The average molecular weight is 240 g/mol. The Kier molecular flexibility index (Phi) is 2.60. The molecule has 2 unspecified atom stereocenters. The fraction of sp³-hybridized carbons (Fsp3) is 0.727. The van der Waals surface area contributed by atoms with Crippen molar-refractivity contribution in [3.05, 3.63) is 0 Å². The molecule has 2 fully saturated rings. The standard InChI is InChI=1S/C11H16N2O4/c1-11(2)7(8(11)10(16)17)9(15)13-4-3-12-6(14)5-13/h7-8H,3-5H2,1-2H3,(H,12,14)(H,16,17). The summed E-state index contributed by atoms with van der Waals surface area (Å²) in [5.74, 6) is -2.45. The van der Waals surface area contributed by atoms with E-state index in [1.807, 2.05) is 0 Å². The zero-order valence-electron chi connectivity index (χ0n) is 9.90. The van der Waals surface area contributed by atoms with Crippen molar-refractivity contribution in [1.82, 2.24) is 10.2 Å². The van der Waals surface area contributed by atoms with Gasteiger partial charge in [-0.3, -0.25) is 14.4 Å². The molecular formula is C11H16N2O4. The molecule has 0 aromatic heterocycles. The molecule has 2 N–H and O–H groups in total. The van der Waals surface area contributed by atoms with Crippen molar-refractivity contribution >= 4 is 17.8 Å². The molecule has 2 rings (SSSR count). The van der Waals surface area contributed by atoms with E-state index in [1.165, 1.54) is 4.90 Å². The SMILES string of the molecule is CC1(C)C(C(=O)O)C1C(=O)N1CCNC(=O)C1. The minimum Gasteiger partial charge on any atom is -0.481 e. The molecule has 1 aliphatic carbocycles. The lowest BCUT2D eigenvalue weighted by Crippen LogP contribution is -2.50. The van der Waals surface area contributed by atoms with Crippen LogP contribution in [0.4, 0.5) is 0 Å². The zero-order valence-corrected chi connectivity index (χ0v) is 9.90. The minimum atomic E-state index is -0.935. The van der Waals surface area contributed by atoms with Crippen LogP contribution in [0.25, 0.3) is 0 Å². The zero-order chi connectivity index (χ0) is 12.8. The maximum Gasteiger partial charge on any atom is 0.307 e. The Morgan fingerprint density at radius 2 is 2.06 bits per heavy atom. The van der Waals surface area contributed by atoms with E-state index in [0.717, 1.165) is 0 Å². The number of carboxylic acids is 1. The number of aliphatic carboxylic acids is 1. The van der Waals surface area contributed by atoms with Gasteiger partial charge in [-0.25, -0.2) is 0 Å². The van der Waals surface area contributed by atoms with E-state index < -0.39 is 23.2 Å². The Morgan fingerprint density at radius 3 is 2.53 bits per heavy atom. The number of hydrogen-bond acceptors (Lipinski definition) is 3. The average Bonchev–Trinajstić information content (AvgIpc) is 2.80. The van der Waals surface area contributed by atoms with Crippen LogP contribution in [0.5, 0.6) is 0 Å². The quantitative estimate of drug-likeness (QED) is 0.668. The predicted octanol–water partition coefficient (Wildman–Crippen LogP) is -0.698. The highest BCUT2D eigenvalue weighted by Gasteiger charge is 2.66. The minimum absolute atomic E-state index is 0.0394. The number of nitrogens with one attached hydrogen (secondary N) is 1. The van der Waals surface area contributed by atoms with Crippen LogP contribution in [0.3, 0.4) is 0 Å². The molecule has 0 radical (unpaired) electrons. The lowest BCUT2D eigenvalue weighted by molar-refractivity contribution is -0.143. The highest BCUT2D eigenvalue weighted by atomic mass is 16.4. The van der Waals surface area contributed by atoms with Crippen LogP contribution in [0.2, 0.25) is 0 Å². The summed E-state index contributed by atoms with van der Waals surface area (Å²) in [6.45, 7) is 4.49. The summed E-state index contributed by atoms with van der Waals surface area (Å²) in [6.07, 6.45) is 0. The molecule has 0 aromatic carbocycles. The van der Waals surface area contributed by atoms with Crippen molar-refractivity contribution < 1.29 is 19.5 Å². The lowest BCUT2D eigenvalue weighted by Gasteiger charge is -2.27. The molecule has 1 saturated carbocycles. The largest absolute Gasteiger partial charge is 0.481 e. The second-order valence-electron chi connectivity index (χ2n) is 5.22. The van der Waals surface area contributed by atoms with Crippen LogP contribution in [0.1, 0.15) is 13.8 Å². The first-order chi connectivity index (χ1) is 7.85. The van der Waals surface area contributed by atoms with Crippen molar-refractivity contribution in [2.45, 2.75) is 13.8 Å². The van der Waals surface area contributed by atoms with Gasteiger partial charge in [-0.05, 0) is 5.41 Å². The Bertz CT molecular complexity index is 391. The number of rotatable bonds is 2. The topological polar surface area (TPSA) is 86.7 Å². The molecule has 0 bridgehead atoms. The van der Waals surface area contributed by atoms with E-state index >= 15 is 0 Å². The van der Waals surface area contributed by atoms with Crippen molar-refractivity contribution in [2.24, 2.45) is 17.3 Å². The number of carboxylic acid groups (broad SMARTS) is 1. The van der Waals surface area contributed by atoms with Gasteiger partial charge in [0.15, 0.2) is 0 Å². The third-order valence-corrected chi connectivity index (χ3v) is 3.71. The van der Waals surface area contributed by atoms with Crippen molar-refractivity contribution in [3.8, 4) is 0 Å². The first-order valence-electron chi connectivity index (χ1n) is 5.64. The number of amides is 2. The highest BCUT2D eigenvalue weighted by Crippen LogP contribution is 2.59. The summed E-state index contributed by atoms with van der Waals surface area (Å²) in [4.78, 5) is 35.7. The molecule has 17 heavy (non-hydrogen) atoms. The van der Waals surface area contributed by atoms with Crippen LogP contribution >= 0.6 is 0 Å². The summed E-state index contributed by atoms with van der Waals surface area (Å²) >= 11 is 0. The van der Waals surface area contributed by atoms with Gasteiger partial charge in [0, 0.05) is 13.1 Å². The second kappa shape index (κ2) is 3.72.